The summed E-state index contributed by atoms with van der Waals surface area (Å²) in [6.45, 7) is 18.5. The maximum absolute atomic E-state index is 12.9. The molecule has 184 valence electrons. The van der Waals surface area contributed by atoms with Crippen LogP contribution in [0.4, 0.5) is 0 Å². The van der Waals surface area contributed by atoms with Crippen LogP contribution in [0, 0.1) is 56.7 Å². The van der Waals surface area contributed by atoms with E-state index < -0.39 is 11.4 Å². The average Bonchev–Trinajstić information content (AvgIpc) is 3.13. The largest absolute Gasteiger partial charge is 0.481 e. The number of carboxylic acid groups (broad SMARTS) is 1. The lowest BCUT2D eigenvalue weighted by Gasteiger charge is -2.72. The zero-order chi connectivity index (χ0) is 24.2. The Morgan fingerprint density at radius 1 is 0.879 bits per heavy atom. The lowest BCUT2D eigenvalue weighted by Crippen LogP contribution is -2.66. The van der Waals surface area contributed by atoms with Gasteiger partial charge < -0.3 is 5.11 Å². The van der Waals surface area contributed by atoms with E-state index in [1.54, 1.807) is 0 Å². The molecule has 9 atom stereocenters. The smallest absolute Gasteiger partial charge is 0.309 e. The van der Waals surface area contributed by atoms with Crippen LogP contribution in [0.25, 0.3) is 0 Å². The minimum atomic E-state index is -0.547. The highest BCUT2D eigenvalue weighted by molar-refractivity contribution is 5.85. The molecule has 3 nitrogen and oxygen atoms in total. The number of carboxylic acids is 1. The summed E-state index contributed by atoms with van der Waals surface area (Å²) in [6, 6.07) is 0. The van der Waals surface area contributed by atoms with Crippen molar-refractivity contribution in [3.8, 4) is 0 Å². The van der Waals surface area contributed by atoms with Crippen LogP contribution in [-0.4, -0.2) is 16.9 Å². The molecule has 33 heavy (non-hydrogen) atoms. The number of carbonyl (C=O) groups is 2. The Balaban J connectivity index is 1.57. The van der Waals surface area contributed by atoms with E-state index in [9.17, 15) is 14.7 Å². The second kappa shape index (κ2) is 6.97. The fraction of sp³-hybridized carbons (Fsp3) is 0.867. The molecule has 0 bridgehead atoms. The SMILES string of the molecule is C=C(C)[C@@H]1CCC2(C(=O)O)CC[C@]3(C)[C@H](CCC4[C@@]5(C)CCC(=O)C(C)(C)[C@@H]5CC[C@]43C)[C@@H]12. The van der Waals surface area contributed by atoms with E-state index in [2.05, 4.69) is 48.1 Å². The average molecular weight is 455 g/mol. The molecular weight excluding hydrogens is 408 g/mol. The molecule has 0 amide bonds. The Kier molecular flexibility index (Phi) is 4.99. The molecular formula is C30H46O3. The highest BCUT2D eigenvalue weighted by Gasteiger charge is 2.72. The molecule has 0 aromatic heterocycles. The van der Waals surface area contributed by atoms with E-state index in [0.29, 0.717) is 29.5 Å². The lowest BCUT2D eigenvalue weighted by molar-refractivity contribution is -0.235. The number of hydrogen-bond acceptors (Lipinski definition) is 2. The Bertz CT molecular complexity index is 902. The maximum atomic E-state index is 12.9. The van der Waals surface area contributed by atoms with Gasteiger partial charge >= 0.3 is 5.97 Å². The predicted octanol–water partition coefficient (Wildman–Crippen LogP) is 7.30. The van der Waals surface area contributed by atoms with E-state index in [4.69, 9.17) is 0 Å². The molecule has 0 heterocycles. The van der Waals surface area contributed by atoms with Crippen molar-refractivity contribution >= 4 is 11.8 Å². The van der Waals surface area contributed by atoms with Gasteiger partial charge in [-0.15, -0.1) is 0 Å². The van der Waals surface area contributed by atoms with Gasteiger partial charge in [-0.05, 0) is 111 Å². The van der Waals surface area contributed by atoms with Gasteiger partial charge in [0.15, 0.2) is 0 Å². The third-order valence-corrected chi connectivity index (χ3v) is 13.2. The van der Waals surface area contributed by atoms with Crippen LogP contribution in [-0.2, 0) is 9.59 Å². The molecule has 0 spiro atoms. The van der Waals surface area contributed by atoms with Crippen LogP contribution in [0.2, 0.25) is 0 Å². The van der Waals surface area contributed by atoms with Crippen molar-refractivity contribution in [2.45, 2.75) is 106 Å². The molecule has 0 aromatic carbocycles. The quantitative estimate of drug-likeness (QED) is 0.445. The fourth-order valence-electron chi connectivity index (χ4n) is 11.3. The van der Waals surface area contributed by atoms with E-state index in [1.807, 2.05) is 0 Å². The summed E-state index contributed by atoms with van der Waals surface area (Å²) in [5.74, 6) is 2.07. The summed E-state index contributed by atoms with van der Waals surface area (Å²) < 4.78 is 0. The topological polar surface area (TPSA) is 54.4 Å². The van der Waals surface area contributed by atoms with E-state index >= 15 is 0 Å². The van der Waals surface area contributed by atoms with Gasteiger partial charge in [0.25, 0.3) is 0 Å². The van der Waals surface area contributed by atoms with Gasteiger partial charge in [0.1, 0.15) is 5.78 Å². The Labute approximate surface area is 201 Å². The van der Waals surface area contributed by atoms with Crippen molar-refractivity contribution in [3.05, 3.63) is 12.2 Å². The number of aliphatic carboxylic acids is 1. The molecule has 0 radical (unpaired) electrons. The van der Waals surface area contributed by atoms with Gasteiger partial charge in [-0.1, -0.05) is 46.8 Å². The molecule has 0 saturated heterocycles. The summed E-state index contributed by atoms with van der Waals surface area (Å²) >= 11 is 0. The molecule has 3 heteroatoms. The number of allylic oxidation sites excluding steroid dienone is 1. The number of ketones is 1. The first-order valence-electron chi connectivity index (χ1n) is 13.7. The molecule has 1 N–H and O–H groups in total. The summed E-state index contributed by atoms with van der Waals surface area (Å²) in [5.41, 5.74) is 1.03. The summed E-state index contributed by atoms with van der Waals surface area (Å²) in [4.78, 5) is 25.7. The van der Waals surface area contributed by atoms with Crippen molar-refractivity contribution in [3.63, 3.8) is 0 Å². The lowest BCUT2D eigenvalue weighted by atomic mass is 9.32. The van der Waals surface area contributed by atoms with Crippen LogP contribution in [0.5, 0.6) is 0 Å². The van der Waals surface area contributed by atoms with Crippen LogP contribution < -0.4 is 0 Å². The van der Waals surface area contributed by atoms with E-state index in [0.717, 1.165) is 51.4 Å². The second-order valence-corrected chi connectivity index (χ2v) is 14.3. The van der Waals surface area contributed by atoms with Gasteiger partial charge in [-0.25, -0.2) is 0 Å². The van der Waals surface area contributed by atoms with Crippen LogP contribution in [0.1, 0.15) is 106 Å². The molecule has 0 aromatic rings. The number of carbonyl (C=O) groups excluding carboxylic acids is 1. The van der Waals surface area contributed by atoms with Crippen molar-refractivity contribution < 1.29 is 14.7 Å². The number of Topliss-reactive ketones (excluding diaryl/α,β-unsaturated/α-hetero) is 1. The minimum absolute atomic E-state index is 0.164. The zero-order valence-electron chi connectivity index (χ0n) is 21.9. The van der Waals surface area contributed by atoms with Crippen molar-refractivity contribution in [1.29, 1.82) is 0 Å². The minimum Gasteiger partial charge on any atom is -0.481 e. The van der Waals surface area contributed by atoms with E-state index in [-0.39, 0.29) is 27.6 Å². The van der Waals surface area contributed by atoms with Crippen molar-refractivity contribution in [2.75, 3.05) is 0 Å². The first kappa shape index (κ1) is 23.6. The Morgan fingerprint density at radius 3 is 2.21 bits per heavy atom. The molecule has 2 unspecified atom stereocenters. The third-order valence-electron chi connectivity index (χ3n) is 13.2. The normalized spacial score (nSPS) is 52.8. The summed E-state index contributed by atoms with van der Waals surface area (Å²) in [6.07, 6.45) is 10.1. The Morgan fingerprint density at radius 2 is 1.58 bits per heavy atom. The van der Waals surface area contributed by atoms with Gasteiger partial charge in [-0.3, -0.25) is 9.59 Å². The molecule has 5 aliphatic rings. The Hall–Kier alpha value is -1.12. The van der Waals surface area contributed by atoms with E-state index in [1.165, 1.54) is 18.4 Å². The maximum Gasteiger partial charge on any atom is 0.309 e. The van der Waals surface area contributed by atoms with Crippen molar-refractivity contribution in [1.82, 2.24) is 0 Å². The molecule has 5 fully saturated rings. The van der Waals surface area contributed by atoms with Crippen LogP contribution in [0.3, 0.4) is 0 Å². The zero-order valence-corrected chi connectivity index (χ0v) is 21.9. The monoisotopic (exact) mass is 454 g/mol. The van der Waals surface area contributed by atoms with Crippen LogP contribution >= 0.6 is 0 Å². The molecule has 0 aliphatic heterocycles. The molecule has 5 aliphatic carbocycles. The first-order valence-corrected chi connectivity index (χ1v) is 13.7. The third kappa shape index (κ3) is 2.69. The van der Waals surface area contributed by atoms with Gasteiger partial charge in [0, 0.05) is 11.8 Å². The number of rotatable bonds is 2. The van der Waals surface area contributed by atoms with Crippen molar-refractivity contribution in [2.24, 2.45) is 56.7 Å². The summed E-state index contributed by atoms with van der Waals surface area (Å²) in [7, 11) is 0. The van der Waals surface area contributed by atoms with Crippen LogP contribution in [0.15, 0.2) is 12.2 Å². The predicted molar refractivity (Wildman–Crippen MR) is 132 cm³/mol. The first-order chi connectivity index (χ1) is 15.3. The summed E-state index contributed by atoms with van der Waals surface area (Å²) in [5, 5.41) is 10.5. The number of hydrogen-bond donors (Lipinski definition) is 1. The van der Waals surface area contributed by atoms with Gasteiger partial charge in [0.05, 0.1) is 5.41 Å². The molecule has 5 rings (SSSR count). The highest BCUT2D eigenvalue weighted by atomic mass is 16.4. The number of fused-ring (bicyclic) bond motifs is 7. The second-order valence-electron chi connectivity index (χ2n) is 14.3. The molecule has 5 saturated carbocycles. The standard InChI is InChI=1S/C30H46O3/c1-18(2)19-10-15-30(25(32)33)17-16-28(6)20(24(19)30)8-9-22-27(5)13-12-23(31)26(3,4)21(27)11-14-29(22,28)7/h19-22,24H,1,8-17H2,2-7H3,(H,32,33)/t19-,20+,21-,22?,24+,27-,28+,29+,30?/m0/s1. The fourth-order valence-corrected chi connectivity index (χ4v) is 11.3. The highest BCUT2D eigenvalue weighted by Crippen LogP contribution is 2.77. The van der Waals surface area contributed by atoms with Gasteiger partial charge in [0.2, 0.25) is 0 Å². The van der Waals surface area contributed by atoms with Gasteiger partial charge in [-0.2, -0.15) is 0 Å².